The monoisotopic (exact) mass is 443 g/mol. The van der Waals surface area contributed by atoms with Crippen LogP contribution < -0.4 is 5.32 Å². The van der Waals surface area contributed by atoms with Gasteiger partial charge in [0, 0.05) is 6.54 Å². The molecule has 6 rings (SSSR count). The van der Waals surface area contributed by atoms with Gasteiger partial charge in [0.25, 0.3) is 0 Å². The Morgan fingerprint density at radius 3 is 1.68 bits per heavy atom. The molecule has 0 aliphatic carbocycles. The maximum absolute atomic E-state index is 4.95. The van der Waals surface area contributed by atoms with Crippen LogP contribution in [0.25, 0.3) is 22.1 Å². The first-order valence-electron chi connectivity index (χ1n) is 11.6. The van der Waals surface area contributed by atoms with Crippen molar-refractivity contribution in [2.24, 2.45) is 0 Å². The quantitative estimate of drug-likeness (QED) is 0.325. The second-order valence-corrected chi connectivity index (χ2v) is 8.44. The Balaban J connectivity index is 1.35. The highest BCUT2D eigenvalue weighted by molar-refractivity contribution is 5.79. The Bertz CT molecular complexity index is 1430. The van der Waals surface area contributed by atoms with Crippen LogP contribution in [0.4, 0.5) is 5.95 Å². The van der Waals surface area contributed by atoms with Gasteiger partial charge in [0.1, 0.15) is 5.82 Å². The van der Waals surface area contributed by atoms with Crippen molar-refractivity contribution in [3.63, 3.8) is 0 Å². The number of anilines is 1. The normalized spacial score (nSPS) is 11.3. The zero-order chi connectivity index (χ0) is 22.7. The second-order valence-electron chi connectivity index (χ2n) is 8.44. The number of fused-ring (bicyclic) bond motifs is 2. The van der Waals surface area contributed by atoms with Gasteiger partial charge in [0.2, 0.25) is 5.95 Å². The molecule has 6 aromatic rings. The first-order chi connectivity index (χ1) is 16.8. The summed E-state index contributed by atoms with van der Waals surface area (Å²) in [4.78, 5) is 9.86. The Labute approximate surface area is 198 Å². The van der Waals surface area contributed by atoms with Crippen LogP contribution in [-0.4, -0.2) is 19.1 Å². The summed E-state index contributed by atoms with van der Waals surface area (Å²) < 4.78 is 4.54. The Hall–Kier alpha value is -4.38. The summed E-state index contributed by atoms with van der Waals surface area (Å²) in [7, 11) is 0. The summed E-state index contributed by atoms with van der Waals surface area (Å²) in [6.07, 6.45) is 0. The molecule has 0 aliphatic rings. The number of aromatic nitrogens is 4. The lowest BCUT2D eigenvalue weighted by molar-refractivity contribution is 0.746. The van der Waals surface area contributed by atoms with Gasteiger partial charge in [-0.05, 0) is 35.4 Å². The molecule has 5 nitrogen and oxygen atoms in total. The van der Waals surface area contributed by atoms with Crippen LogP contribution in [0.15, 0.2) is 109 Å². The predicted molar refractivity (Wildman–Crippen MR) is 138 cm³/mol. The highest BCUT2D eigenvalue weighted by atomic mass is 15.2. The number of nitrogens with one attached hydrogen (secondary N) is 1. The number of hydrogen-bond acceptors (Lipinski definition) is 3. The molecule has 2 aromatic heterocycles. The zero-order valence-electron chi connectivity index (χ0n) is 18.8. The van der Waals surface area contributed by atoms with E-state index in [4.69, 9.17) is 9.97 Å². The summed E-state index contributed by atoms with van der Waals surface area (Å²) >= 11 is 0. The Kier molecular flexibility index (Phi) is 5.28. The predicted octanol–water partition coefficient (Wildman–Crippen LogP) is 6.09. The summed E-state index contributed by atoms with van der Waals surface area (Å²) in [6.45, 7) is 2.11. The van der Waals surface area contributed by atoms with E-state index < -0.39 is 0 Å². The average molecular weight is 444 g/mol. The minimum absolute atomic E-state index is 0.583. The molecule has 0 amide bonds. The lowest BCUT2D eigenvalue weighted by atomic mass is 10.2. The molecule has 4 aromatic carbocycles. The molecular weight excluding hydrogens is 418 g/mol. The molecule has 0 spiro atoms. The molecule has 5 heteroatoms. The molecule has 0 radical (unpaired) electrons. The molecular formula is C29H25N5. The minimum Gasteiger partial charge on any atom is -0.348 e. The summed E-state index contributed by atoms with van der Waals surface area (Å²) in [6, 6.07) is 37.6. The van der Waals surface area contributed by atoms with Crippen molar-refractivity contribution in [1.82, 2.24) is 19.1 Å². The highest BCUT2D eigenvalue weighted by Crippen LogP contribution is 2.23. The van der Waals surface area contributed by atoms with E-state index in [1.807, 2.05) is 18.2 Å². The number of imidazole rings is 2. The molecule has 0 bridgehead atoms. The number of rotatable bonds is 7. The van der Waals surface area contributed by atoms with Gasteiger partial charge in [0.15, 0.2) is 0 Å². The first kappa shape index (κ1) is 20.2. The van der Waals surface area contributed by atoms with E-state index in [-0.39, 0.29) is 0 Å². The van der Waals surface area contributed by atoms with Crippen molar-refractivity contribution in [2.45, 2.75) is 19.6 Å². The van der Waals surface area contributed by atoms with Crippen LogP contribution in [0.1, 0.15) is 17.0 Å². The van der Waals surface area contributed by atoms with Crippen LogP contribution in [0.2, 0.25) is 0 Å². The third-order valence-electron chi connectivity index (χ3n) is 6.16. The maximum atomic E-state index is 4.95. The number of nitrogens with zero attached hydrogens (tertiary/aromatic N) is 4. The van der Waals surface area contributed by atoms with Crippen LogP contribution >= 0.6 is 0 Å². The largest absolute Gasteiger partial charge is 0.348 e. The van der Waals surface area contributed by atoms with E-state index in [0.29, 0.717) is 6.54 Å². The average Bonchev–Trinajstić information content (AvgIpc) is 3.42. The molecule has 34 heavy (non-hydrogen) atoms. The smallest absolute Gasteiger partial charge is 0.204 e. The molecule has 0 saturated heterocycles. The van der Waals surface area contributed by atoms with Crippen LogP contribution in [-0.2, 0) is 19.6 Å². The minimum atomic E-state index is 0.583. The van der Waals surface area contributed by atoms with E-state index in [1.165, 1.54) is 11.1 Å². The van der Waals surface area contributed by atoms with Gasteiger partial charge < -0.3 is 14.5 Å². The van der Waals surface area contributed by atoms with Gasteiger partial charge in [-0.15, -0.1) is 0 Å². The van der Waals surface area contributed by atoms with E-state index in [0.717, 1.165) is 46.9 Å². The maximum Gasteiger partial charge on any atom is 0.204 e. The zero-order valence-corrected chi connectivity index (χ0v) is 18.8. The van der Waals surface area contributed by atoms with Gasteiger partial charge in [-0.3, -0.25) is 0 Å². The number of hydrogen-bond donors (Lipinski definition) is 1. The van der Waals surface area contributed by atoms with Crippen molar-refractivity contribution in [3.05, 3.63) is 126 Å². The molecule has 0 atom stereocenters. The van der Waals surface area contributed by atoms with Crippen molar-refractivity contribution >= 4 is 28.0 Å². The molecule has 166 valence electrons. The second kappa shape index (κ2) is 8.87. The lowest BCUT2D eigenvalue weighted by Gasteiger charge is -2.13. The Morgan fingerprint density at radius 1 is 0.529 bits per heavy atom. The first-order valence-corrected chi connectivity index (χ1v) is 11.6. The van der Waals surface area contributed by atoms with Crippen LogP contribution in [0.3, 0.4) is 0 Å². The topological polar surface area (TPSA) is 47.7 Å². The van der Waals surface area contributed by atoms with Crippen LogP contribution in [0, 0.1) is 0 Å². The number of benzene rings is 4. The van der Waals surface area contributed by atoms with E-state index in [9.17, 15) is 0 Å². The summed E-state index contributed by atoms with van der Waals surface area (Å²) in [5, 5.41) is 3.59. The molecule has 0 fully saturated rings. The summed E-state index contributed by atoms with van der Waals surface area (Å²) in [5.41, 5.74) is 6.74. The van der Waals surface area contributed by atoms with E-state index >= 15 is 0 Å². The Morgan fingerprint density at radius 2 is 1.03 bits per heavy atom. The van der Waals surface area contributed by atoms with Gasteiger partial charge in [0.05, 0.1) is 35.2 Å². The van der Waals surface area contributed by atoms with Crippen molar-refractivity contribution < 1.29 is 0 Å². The standard InChI is InChI=1S/C29H25N5/c1-3-11-22(12-4-1)20-33-26-17-9-7-15-24(26)31-28(33)19-30-29-32-25-16-8-10-18-27(25)34(29)21-23-13-5-2-6-14-23/h1-18H,19-21H2,(H,30,32). The SMILES string of the molecule is c1ccc(Cn2c(CNc3nc4ccccc4n3Cc3ccccc3)nc3ccccc32)cc1. The van der Waals surface area contributed by atoms with E-state index in [2.05, 4.69) is 105 Å². The number of para-hydroxylation sites is 4. The van der Waals surface area contributed by atoms with Crippen molar-refractivity contribution in [2.75, 3.05) is 5.32 Å². The fourth-order valence-electron chi connectivity index (χ4n) is 4.50. The molecule has 2 heterocycles. The third-order valence-corrected chi connectivity index (χ3v) is 6.16. The van der Waals surface area contributed by atoms with Gasteiger partial charge in [-0.1, -0.05) is 84.9 Å². The molecule has 0 aliphatic heterocycles. The van der Waals surface area contributed by atoms with Gasteiger partial charge in [-0.2, -0.15) is 0 Å². The lowest BCUT2D eigenvalue weighted by Crippen LogP contribution is -2.13. The van der Waals surface area contributed by atoms with Gasteiger partial charge in [-0.25, -0.2) is 9.97 Å². The molecule has 1 N–H and O–H groups in total. The molecule has 0 unspecified atom stereocenters. The third kappa shape index (κ3) is 3.92. The fraction of sp³-hybridized carbons (Fsp3) is 0.103. The van der Waals surface area contributed by atoms with Crippen molar-refractivity contribution in [1.29, 1.82) is 0 Å². The van der Waals surface area contributed by atoms with Crippen LogP contribution in [0.5, 0.6) is 0 Å². The van der Waals surface area contributed by atoms with Gasteiger partial charge >= 0.3 is 0 Å². The summed E-state index contributed by atoms with van der Waals surface area (Å²) in [5.74, 6) is 1.84. The van der Waals surface area contributed by atoms with E-state index in [1.54, 1.807) is 0 Å². The highest BCUT2D eigenvalue weighted by Gasteiger charge is 2.14. The molecule has 0 saturated carbocycles. The van der Waals surface area contributed by atoms with Crippen molar-refractivity contribution in [3.8, 4) is 0 Å². The fourth-order valence-corrected chi connectivity index (χ4v) is 4.50.